The van der Waals surface area contributed by atoms with Gasteiger partial charge in [-0.2, -0.15) is 0 Å². The minimum atomic E-state index is -0.549. The third kappa shape index (κ3) is 3.17. The van der Waals surface area contributed by atoms with Crippen LogP contribution in [0, 0.1) is 11.6 Å². The number of rotatable bonds is 5. The molecule has 1 aromatic carbocycles. The summed E-state index contributed by atoms with van der Waals surface area (Å²) < 4.78 is 31.3. The molecule has 0 aliphatic heterocycles. The van der Waals surface area contributed by atoms with Crippen molar-refractivity contribution in [2.75, 3.05) is 6.54 Å². The third-order valence-electron chi connectivity index (χ3n) is 2.76. The molecule has 0 saturated heterocycles. The summed E-state index contributed by atoms with van der Waals surface area (Å²) >= 11 is 0. The summed E-state index contributed by atoms with van der Waals surface area (Å²) in [4.78, 5) is 0. The van der Waals surface area contributed by atoms with Gasteiger partial charge in [0.25, 0.3) is 0 Å². The number of benzene rings is 1. The zero-order valence-corrected chi connectivity index (χ0v) is 10.1. The first kappa shape index (κ1) is 12.8. The van der Waals surface area contributed by atoms with Crippen LogP contribution in [-0.4, -0.2) is 6.54 Å². The highest BCUT2D eigenvalue weighted by Crippen LogP contribution is 2.20. The summed E-state index contributed by atoms with van der Waals surface area (Å²) in [5, 5.41) is 3.27. The second-order valence-electron chi connectivity index (χ2n) is 4.15. The van der Waals surface area contributed by atoms with E-state index in [0.29, 0.717) is 12.0 Å². The van der Waals surface area contributed by atoms with Gasteiger partial charge in [0.05, 0.1) is 12.5 Å². The Hall–Kier alpha value is -1.68. The molecule has 0 saturated carbocycles. The second-order valence-corrected chi connectivity index (χ2v) is 4.15. The van der Waals surface area contributed by atoms with Gasteiger partial charge in [0.1, 0.15) is 11.6 Å². The van der Waals surface area contributed by atoms with Crippen molar-refractivity contribution < 1.29 is 13.2 Å². The molecule has 1 atom stereocenters. The molecular weight excluding hydrogens is 236 g/mol. The average Bonchev–Trinajstić information content (AvgIpc) is 2.80. The van der Waals surface area contributed by atoms with E-state index in [1.807, 2.05) is 13.0 Å². The predicted octanol–water partition coefficient (Wildman–Crippen LogP) is 3.45. The van der Waals surface area contributed by atoms with Gasteiger partial charge in [-0.05, 0) is 36.7 Å². The molecule has 0 aliphatic rings. The van der Waals surface area contributed by atoms with Crippen molar-refractivity contribution in [3.05, 3.63) is 59.6 Å². The van der Waals surface area contributed by atoms with Crippen molar-refractivity contribution >= 4 is 0 Å². The van der Waals surface area contributed by atoms with Crippen molar-refractivity contribution in [2.45, 2.75) is 19.4 Å². The molecule has 0 fully saturated rings. The van der Waals surface area contributed by atoms with Gasteiger partial charge >= 0.3 is 0 Å². The van der Waals surface area contributed by atoms with Crippen LogP contribution in [0.3, 0.4) is 0 Å². The summed E-state index contributed by atoms with van der Waals surface area (Å²) in [5.41, 5.74) is 1.60. The zero-order valence-electron chi connectivity index (χ0n) is 10.1. The van der Waals surface area contributed by atoms with Crippen LogP contribution in [0.2, 0.25) is 0 Å². The van der Waals surface area contributed by atoms with E-state index in [4.69, 9.17) is 4.42 Å². The van der Waals surface area contributed by atoms with Gasteiger partial charge in [-0.25, -0.2) is 8.78 Å². The molecule has 4 heteroatoms. The Morgan fingerprint density at radius 1 is 1.22 bits per heavy atom. The Bertz CT molecular complexity index is 476. The number of nitrogens with one attached hydrogen (secondary N) is 1. The van der Waals surface area contributed by atoms with Gasteiger partial charge in [0.2, 0.25) is 0 Å². The van der Waals surface area contributed by atoms with Crippen LogP contribution in [0.25, 0.3) is 0 Å². The first-order valence-corrected chi connectivity index (χ1v) is 5.89. The molecule has 1 heterocycles. The maximum Gasteiger partial charge on any atom is 0.126 e. The third-order valence-corrected chi connectivity index (χ3v) is 2.76. The van der Waals surface area contributed by atoms with Crippen LogP contribution in [-0.2, 0) is 6.42 Å². The molecule has 0 aliphatic carbocycles. The number of furan rings is 1. The molecule has 0 bridgehead atoms. The highest BCUT2D eigenvalue weighted by molar-refractivity contribution is 5.22. The number of hydrogen-bond donors (Lipinski definition) is 1. The number of halogens is 2. The van der Waals surface area contributed by atoms with Crippen molar-refractivity contribution in [3.8, 4) is 0 Å². The molecule has 1 unspecified atom stereocenters. The molecular formula is C14H15F2NO. The first-order valence-electron chi connectivity index (χ1n) is 5.89. The van der Waals surface area contributed by atoms with Crippen molar-refractivity contribution in [1.82, 2.24) is 5.32 Å². The fourth-order valence-electron chi connectivity index (χ4n) is 1.99. The van der Waals surface area contributed by atoms with Gasteiger partial charge in [0.15, 0.2) is 0 Å². The quantitative estimate of drug-likeness (QED) is 0.880. The van der Waals surface area contributed by atoms with E-state index < -0.39 is 11.6 Å². The molecule has 0 radical (unpaired) electrons. The van der Waals surface area contributed by atoms with Crippen molar-refractivity contribution in [2.24, 2.45) is 0 Å². The molecule has 0 amide bonds. The number of hydrogen-bond acceptors (Lipinski definition) is 2. The SMILES string of the molecule is CCNC(Cc1cc(F)cc(F)c1)c1ccoc1. The molecule has 1 aromatic heterocycles. The van der Waals surface area contributed by atoms with Crippen molar-refractivity contribution in [3.63, 3.8) is 0 Å². The Morgan fingerprint density at radius 3 is 2.50 bits per heavy atom. The molecule has 2 nitrogen and oxygen atoms in total. The second kappa shape index (κ2) is 5.78. The minimum Gasteiger partial charge on any atom is -0.472 e. The smallest absolute Gasteiger partial charge is 0.126 e. The summed E-state index contributed by atoms with van der Waals surface area (Å²) in [6.45, 7) is 2.76. The van der Waals surface area contributed by atoms with E-state index in [1.165, 1.54) is 12.1 Å². The Balaban J connectivity index is 2.18. The fraction of sp³-hybridized carbons (Fsp3) is 0.286. The summed E-state index contributed by atoms with van der Waals surface area (Å²) in [6, 6.07) is 5.43. The largest absolute Gasteiger partial charge is 0.472 e. The van der Waals surface area contributed by atoms with Crippen LogP contribution in [0.4, 0.5) is 8.78 Å². The summed E-state index contributed by atoms with van der Waals surface area (Å²) in [6.07, 6.45) is 3.75. The topological polar surface area (TPSA) is 25.2 Å². The predicted molar refractivity (Wildman–Crippen MR) is 65.2 cm³/mol. The molecule has 18 heavy (non-hydrogen) atoms. The standard InChI is InChI=1S/C14H15F2NO/c1-2-17-14(11-3-4-18-9-11)7-10-5-12(15)8-13(16)6-10/h3-6,8-9,14,17H,2,7H2,1H3. The monoisotopic (exact) mass is 251 g/mol. The van der Waals surface area contributed by atoms with Gasteiger partial charge < -0.3 is 9.73 Å². The van der Waals surface area contributed by atoms with E-state index in [9.17, 15) is 8.78 Å². The van der Waals surface area contributed by atoms with E-state index in [2.05, 4.69) is 5.32 Å². The highest BCUT2D eigenvalue weighted by atomic mass is 19.1. The minimum absolute atomic E-state index is 0.00468. The van der Waals surface area contributed by atoms with Crippen LogP contribution >= 0.6 is 0 Å². The van der Waals surface area contributed by atoms with Crippen LogP contribution in [0.5, 0.6) is 0 Å². The lowest BCUT2D eigenvalue weighted by Crippen LogP contribution is -2.22. The van der Waals surface area contributed by atoms with E-state index >= 15 is 0 Å². The molecule has 2 rings (SSSR count). The lowest BCUT2D eigenvalue weighted by Gasteiger charge is -2.16. The zero-order chi connectivity index (χ0) is 13.0. The normalized spacial score (nSPS) is 12.6. The van der Waals surface area contributed by atoms with E-state index in [1.54, 1.807) is 12.5 Å². The Morgan fingerprint density at radius 2 is 1.94 bits per heavy atom. The van der Waals surface area contributed by atoms with Crippen LogP contribution in [0.15, 0.2) is 41.2 Å². The lowest BCUT2D eigenvalue weighted by atomic mass is 10.0. The molecule has 0 spiro atoms. The lowest BCUT2D eigenvalue weighted by molar-refractivity contribution is 0.520. The van der Waals surface area contributed by atoms with E-state index in [-0.39, 0.29) is 6.04 Å². The molecule has 96 valence electrons. The molecule has 2 aromatic rings. The average molecular weight is 251 g/mol. The Kier molecular flexibility index (Phi) is 4.10. The summed E-state index contributed by atoms with van der Waals surface area (Å²) in [7, 11) is 0. The maximum atomic E-state index is 13.1. The van der Waals surface area contributed by atoms with Gasteiger partial charge in [-0.1, -0.05) is 6.92 Å². The van der Waals surface area contributed by atoms with Gasteiger partial charge in [0, 0.05) is 17.7 Å². The first-order chi connectivity index (χ1) is 8.69. The Labute approximate surface area is 105 Å². The molecule has 1 N–H and O–H groups in total. The summed E-state index contributed by atoms with van der Waals surface area (Å²) in [5.74, 6) is -1.10. The van der Waals surface area contributed by atoms with E-state index in [0.717, 1.165) is 18.2 Å². The highest BCUT2D eigenvalue weighted by Gasteiger charge is 2.13. The maximum absolute atomic E-state index is 13.1. The van der Waals surface area contributed by atoms with Crippen LogP contribution in [0.1, 0.15) is 24.1 Å². The van der Waals surface area contributed by atoms with Crippen molar-refractivity contribution in [1.29, 1.82) is 0 Å². The fourth-order valence-corrected chi connectivity index (χ4v) is 1.99. The van der Waals surface area contributed by atoms with Crippen LogP contribution < -0.4 is 5.32 Å². The number of likely N-dealkylation sites (N-methyl/N-ethyl adjacent to an activating group) is 1. The van der Waals surface area contributed by atoms with Gasteiger partial charge in [-0.15, -0.1) is 0 Å². The van der Waals surface area contributed by atoms with Gasteiger partial charge in [-0.3, -0.25) is 0 Å².